The van der Waals surface area contributed by atoms with Crippen molar-refractivity contribution in [2.24, 2.45) is 5.84 Å². The second kappa shape index (κ2) is 4.05. The Hall–Kier alpha value is -0.930. The van der Waals surface area contributed by atoms with Crippen molar-refractivity contribution in [1.82, 2.24) is 10.4 Å². The molecule has 60 valence electrons. The predicted octanol–water partition coefficient (Wildman–Crippen LogP) is 0.648. The molecule has 1 aromatic rings. The highest BCUT2D eigenvalue weighted by molar-refractivity contribution is 5.13. The molecule has 0 fully saturated rings. The molecular formula is C8H13N3. The number of hydrogen-bond donors (Lipinski definition) is 2. The minimum atomic E-state index is 0.425. The molecule has 0 radical (unpaired) electrons. The third-order valence-corrected chi connectivity index (χ3v) is 1.68. The third-order valence-electron chi connectivity index (χ3n) is 1.68. The first-order chi connectivity index (χ1) is 5.34. The largest absolute Gasteiger partial charge is 0.271 e. The molecule has 0 spiro atoms. The molecule has 3 heteroatoms. The summed E-state index contributed by atoms with van der Waals surface area (Å²) >= 11 is 0. The summed E-state index contributed by atoms with van der Waals surface area (Å²) in [4.78, 5) is 4.02. The van der Waals surface area contributed by atoms with Gasteiger partial charge in [-0.1, -0.05) is 13.0 Å². The monoisotopic (exact) mass is 151 g/mol. The lowest BCUT2D eigenvalue weighted by Gasteiger charge is -2.08. The molecule has 1 heterocycles. The van der Waals surface area contributed by atoms with E-state index in [9.17, 15) is 0 Å². The molecule has 3 N–H and O–H groups in total. The van der Waals surface area contributed by atoms with E-state index in [1.807, 2.05) is 12.3 Å². The molecule has 3 nitrogen and oxygen atoms in total. The second-order valence-electron chi connectivity index (χ2n) is 2.60. The lowest BCUT2D eigenvalue weighted by molar-refractivity contribution is 0.638. The van der Waals surface area contributed by atoms with Crippen LogP contribution in [0.5, 0.6) is 0 Å². The van der Waals surface area contributed by atoms with Crippen LogP contribution >= 0.6 is 0 Å². The van der Waals surface area contributed by atoms with Gasteiger partial charge in [-0.25, -0.2) is 0 Å². The average Bonchev–Trinajstić information content (AvgIpc) is 2.07. The highest BCUT2D eigenvalue weighted by Gasteiger charge is 2.02. The first-order valence-corrected chi connectivity index (χ1v) is 3.68. The summed E-state index contributed by atoms with van der Waals surface area (Å²) < 4.78 is 0. The van der Waals surface area contributed by atoms with Gasteiger partial charge in [-0.15, -0.1) is 0 Å². The van der Waals surface area contributed by atoms with E-state index in [4.69, 9.17) is 5.84 Å². The Morgan fingerprint density at radius 3 is 3.09 bits per heavy atom. The van der Waals surface area contributed by atoms with Gasteiger partial charge in [0.05, 0.1) is 0 Å². The molecule has 0 unspecified atom stereocenters. The Morgan fingerprint density at radius 1 is 1.73 bits per heavy atom. The van der Waals surface area contributed by atoms with Crippen LogP contribution < -0.4 is 11.3 Å². The van der Waals surface area contributed by atoms with Crippen LogP contribution in [-0.2, 0) is 0 Å². The van der Waals surface area contributed by atoms with Crippen LogP contribution in [0.15, 0.2) is 24.5 Å². The molecule has 0 aromatic carbocycles. The van der Waals surface area contributed by atoms with Crippen LogP contribution in [0.3, 0.4) is 0 Å². The maximum absolute atomic E-state index is 5.20. The number of nitrogens with two attached hydrogens (primary N) is 1. The second-order valence-corrected chi connectivity index (χ2v) is 2.60. The van der Waals surface area contributed by atoms with Crippen LogP contribution in [0.2, 0.25) is 0 Å². The normalized spacial score (nSPS) is 12.9. The standard InChI is InChI=1S/C8H13N3/c1-7(5-11-9)8-3-2-4-10-6-8/h2-4,6-7,11H,5,9H2,1H3/t7-/m1/s1. The lowest BCUT2D eigenvalue weighted by Crippen LogP contribution is -2.26. The van der Waals surface area contributed by atoms with E-state index >= 15 is 0 Å². The first kappa shape index (κ1) is 8.17. The van der Waals surface area contributed by atoms with E-state index in [1.54, 1.807) is 6.20 Å². The summed E-state index contributed by atoms with van der Waals surface area (Å²) in [5, 5.41) is 0. The Balaban J connectivity index is 2.61. The Morgan fingerprint density at radius 2 is 2.55 bits per heavy atom. The van der Waals surface area contributed by atoms with Crippen molar-refractivity contribution in [2.75, 3.05) is 6.54 Å². The molecule has 11 heavy (non-hydrogen) atoms. The van der Waals surface area contributed by atoms with E-state index in [0.717, 1.165) is 6.54 Å². The zero-order chi connectivity index (χ0) is 8.10. The summed E-state index contributed by atoms with van der Waals surface area (Å²) in [6.45, 7) is 2.89. The zero-order valence-corrected chi connectivity index (χ0v) is 6.62. The molecule has 0 aliphatic heterocycles. The minimum absolute atomic E-state index is 0.425. The van der Waals surface area contributed by atoms with Gasteiger partial charge in [-0.05, 0) is 17.5 Å². The van der Waals surface area contributed by atoms with E-state index in [0.29, 0.717) is 5.92 Å². The molecule has 0 aliphatic carbocycles. The summed E-state index contributed by atoms with van der Waals surface area (Å²) in [6, 6.07) is 3.98. The molecule has 1 aromatic heterocycles. The molecule has 0 saturated heterocycles. The highest BCUT2D eigenvalue weighted by atomic mass is 15.2. The fraction of sp³-hybridized carbons (Fsp3) is 0.375. The number of rotatable bonds is 3. The van der Waals surface area contributed by atoms with Crippen LogP contribution in [0, 0.1) is 0 Å². The Kier molecular flexibility index (Phi) is 3.01. The van der Waals surface area contributed by atoms with E-state index in [-0.39, 0.29) is 0 Å². The van der Waals surface area contributed by atoms with Gasteiger partial charge >= 0.3 is 0 Å². The van der Waals surface area contributed by atoms with Crippen LogP contribution in [0.1, 0.15) is 18.4 Å². The molecule has 0 aliphatic rings. The maximum atomic E-state index is 5.20. The Labute approximate surface area is 66.6 Å². The SMILES string of the molecule is C[C@H](CNN)c1cccnc1. The summed E-state index contributed by atoms with van der Waals surface area (Å²) in [5.74, 6) is 5.62. The molecule has 0 saturated carbocycles. The summed E-state index contributed by atoms with van der Waals surface area (Å²) in [5.41, 5.74) is 3.85. The lowest BCUT2D eigenvalue weighted by atomic mass is 10.0. The first-order valence-electron chi connectivity index (χ1n) is 3.68. The number of pyridine rings is 1. The van der Waals surface area contributed by atoms with Gasteiger partial charge in [-0.2, -0.15) is 0 Å². The van der Waals surface area contributed by atoms with Crippen molar-refractivity contribution in [3.05, 3.63) is 30.1 Å². The van der Waals surface area contributed by atoms with Gasteiger partial charge in [0.2, 0.25) is 0 Å². The van der Waals surface area contributed by atoms with Crippen LogP contribution in [0.4, 0.5) is 0 Å². The molecule has 0 bridgehead atoms. The van der Waals surface area contributed by atoms with Crippen molar-refractivity contribution in [2.45, 2.75) is 12.8 Å². The van der Waals surface area contributed by atoms with Gasteiger partial charge < -0.3 is 0 Å². The van der Waals surface area contributed by atoms with E-state index in [1.165, 1.54) is 5.56 Å². The fourth-order valence-corrected chi connectivity index (χ4v) is 0.962. The highest BCUT2D eigenvalue weighted by Crippen LogP contribution is 2.10. The zero-order valence-electron chi connectivity index (χ0n) is 6.62. The van der Waals surface area contributed by atoms with Crippen LogP contribution in [0.25, 0.3) is 0 Å². The van der Waals surface area contributed by atoms with Crippen molar-refractivity contribution in [3.63, 3.8) is 0 Å². The van der Waals surface area contributed by atoms with Gasteiger partial charge in [0.1, 0.15) is 0 Å². The number of hydrazine groups is 1. The van der Waals surface area contributed by atoms with E-state index < -0.39 is 0 Å². The van der Waals surface area contributed by atoms with Gasteiger partial charge in [0.15, 0.2) is 0 Å². The van der Waals surface area contributed by atoms with Crippen molar-refractivity contribution >= 4 is 0 Å². The third kappa shape index (κ3) is 2.29. The van der Waals surface area contributed by atoms with E-state index in [2.05, 4.69) is 23.4 Å². The quantitative estimate of drug-likeness (QED) is 0.492. The molecule has 0 amide bonds. The average molecular weight is 151 g/mol. The number of nitrogens with zero attached hydrogens (tertiary/aromatic N) is 1. The predicted molar refractivity (Wildman–Crippen MR) is 44.8 cm³/mol. The number of nitrogens with one attached hydrogen (secondary N) is 1. The number of aromatic nitrogens is 1. The topological polar surface area (TPSA) is 50.9 Å². The molecule has 1 rings (SSSR count). The van der Waals surface area contributed by atoms with Crippen molar-refractivity contribution in [1.29, 1.82) is 0 Å². The molecule has 1 atom stereocenters. The Bertz CT molecular complexity index is 198. The van der Waals surface area contributed by atoms with Gasteiger partial charge in [-0.3, -0.25) is 16.3 Å². The van der Waals surface area contributed by atoms with Gasteiger partial charge in [0.25, 0.3) is 0 Å². The van der Waals surface area contributed by atoms with Crippen molar-refractivity contribution in [3.8, 4) is 0 Å². The van der Waals surface area contributed by atoms with Gasteiger partial charge in [0, 0.05) is 18.9 Å². The fourth-order valence-electron chi connectivity index (χ4n) is 0.962. The summed E-state index contributed by atoms with van der Waals surface area (Å²) in [6.07, 6.45) is 3.63. The maximum Gasteiger partial charge on any atom is 0.0303 e. The molecular weight excluding hydrogens is 138 g/mol. The van der Waals surface area contributed by atoms with Crippen LogP contribution in [-0.4, -0.2) is 11.5 Å². The van der Waals surface area contributed by atoms with Crippen molar-refractivity contribution < 1.29 is 0 Å². The summed E-state index contributed by atoms with van der Waals surface area (Å²) in [7, 11) is 0. The minimum Gasteiger partial charge on any atom is -0.271 e. The smallest absolute Gasteiger partial charge is 0.0303 e. The number of hydrogen-bond acceptors (Lipinski definition) is 3.